The number of pyridine rings is 2. The lowest BCUT2D eigenvalue weighted by Gasteiger charge is -2.03. The summed E-state index contributed by atoms with van der Waals surface area (Å²) in [7, 11) is 0. The highest BCUT2D eigenvalue weighted by molar-refractivity contribution is 5.91. The predicted octanol–water partition coefficient (Wildman–Crippen LogP) is 1.78. The van der Waals surface area contributed by atoms with E-state index in [2.05, 4.69) is 35.6 Å². The van der Waals surface area contributed by atoms with Crippen molar-refractivity contribution >= 4 is 16.9 Å². The molecule has 0 aliphatic rings. The Morgan fingerprint density at radius 2 is 2.07 bits per heavy atom. The Kier molecular flexibility index (Phi) is 6.04. The molecule has 0 fully saturated rings. The van der Waals surface area contributed by atoms with Gasteiger partial charge in [-0.25, -0.2) is 14.4 Å². The SMILES string of the molecule is O=C(NCc1ncccc1F)c1coc(CCNCCc2nc3ccncc3[nH]2)n1. The molecular formula is C20H20FN7O2. The molecule has 9 nitrogen and oxygen atoms in total. The van der Waals surface area contributed by atoms with Crippen molar-refractivity contribution in [2.45, 2.75) is 19.4 Å². The summed E-state index contributed by atoms with van der Waals surface area (Å²) in [6, 6.07) is 4.65. The van der Waals surface area contributed by atoms with Crippen LogP contribution in [0, 0.1) is 5.82 Å². The molecule has 0 spiro atoms. The molecule has 4 aromatic heterocycles. The second kappa shape index (κ2) is 9.23. The number of oxazole rings is 1. The van der Waals surface area contributed by atoms with Crippen molar-refractivity contribution in [2.24, 2.45) is 0 Å². The van der Waals surface area contributed by atoms with Crippen LogP contribution in [0.25, 0.3) is 11.0 Å². The van der Waals surface area contributed by atoms with E-state index in [0.29, 0.717) is 18.9 Å². The van der Waals surface area contributed by atoms with Gasteiger partial charge in [0.15, 0.2) is 11.6 Å². The third kappa shape index (κ3) is 4.84. The molecular weight excluding hydrogens is 389 g/mol. The van der Waals surface area contributed by atoms with E-state index in [1.807, 2.05) is 6.07 Å². The van der Waals surface area contributed by atoms with Gasteiger partial charge in [0.1, 0.15) is 17.9 Å². The molecule has 10 heteroatoms. The highest BCUT2D eigenvalue weighted by Crippen LogP contribution is 2.09. The van der Waals surface area contributed by atoms with Crippen LogP contribution in [0.3, 0.4) is 0 Å². The Morgan fingerprint density at radius 1 is 1.17 bits per heavy atom. The molecule has 4 rings (SSSR count). The van der Waals surface area contributed by atoms with Crippen molar-refractivity contribution in [3.05, 3.63) is 72.0 Å². The number of hydrogen-bond donors (Lipinski definition) is 3. The molecule has 0 saturated heterocycles. The van der Waals surface area contributed by atoms with Crippen molar-refractivity contribution in [3.8, 4) is 0 Å². The summed E-state index contributed by atoms with van der Waals surface area (Å²) in [5, 5.41) is 5.87. The standard InChI is InChI=1S/C20H20FN7O2/c21-13-2-1-6-24-15(13)11-25-20(29)17-12-30-19(28-17)5-9-22-8-4-18-26-14-3-7-23-10-16(14)27-18/h1-3,6-7,10,12,22H,4-5,8-9,11H2,(H,25,29)(H,26,27). The minimum absolute atomic E-state index is 0.0207. The van der Waals surface area contributed by atoms with Crippen LogP contribution in [0.4, 0.5) is 4.39 Å². The lowest BCUT2D eigenvalue weighted by atomic mass is 10.3. The molecule has 0 atom stereocenters. The monoisotopic (exact) mass is 409 g/mol. The number of nitrogens with one attached hydrogen (secondary N) is 3. The summed E-state index contributed by atoms with van der Waals surface area (Å²) in [5.74, 6) is 0.433. The lowest BCUT2D eigenvalue weighted by Crippen LogP contribution is -2.24. The second-order valence-corrected chi connectivity index (χ2v) is 6.57. The van der Waals surface area contributed by atoms with Gasteiger partial charge in [0.05, 0.1) is 29.5 Å². The number of rotatable bonds is 9. The Bertz CT molecular complexity index is 1110. The fourth-order valence-corrected chi connectivity index (χ4v) is 2.89. The first-order chi connectivity index (χ1) is 14.7. The van der Waals surface area contributed by atoms with Crippen molar-refractivity contribution in [1.82, 2.24) is 35.6 Å². The van der Waals surface area contributed by atoms with Gasteiger partial charge in [-0.1, -0.05) is 0 Å². The Morgan fingerprint density at radius 3 is 2.93 bits per heavy atom. The summed E-state index contributed by atoms with van der Waals surface area (Å²) in [5.41, 5.74) is 2.14. The van der Waals surface area contributed by atoms with Crippen LogP contribution in [0.15, 0.2) is 47.5 Å². The van der Waals surface area contributed by atoms with Gasteiger partial charge in [0.2, 0.25) is 0 Å². The topological polar surface area (TPSA) is 122 Å². The van der Waals surface area contributed by atoms with Gasteiger partial charge in [-0.15, -0.1) is 0 Å². The molecule has 0 radical (unpaired) electrons. The predicted molar refractivity (Wildman–Crippen MR) is 106 cm³/mol. The van der Waals surface area contributed by atoms with Gasteiger partial charge in [0.25, 0.3) is 5.91 Å². The number of hydrogen-bond acceptors (Lipinski definition) is 7. The number of carbonyl (C=O) groups excluding carboxylic acids is 1. The van der Waals surface area contributed by atoms with Gasteiger partial charge in [-0.3, -0.25) is 14.8 Å². The zero-order valence-electron chi connectivity index (χ0n) is 16.1. The number of H-pyrrole nitrogens is 1. The number of aromatic nitrogens is 5. The number of aromatic amines is 1. The van der Waals surface area contributed by atoms with Crippen molar-refractivity contribution in [3.63, 3.8) is 0 Å². The normalized spacial score (nSPS) is 11.1. The van der Waals surface area contributed by atoms with Crippen molar-refractivity contribution in [2.75, 3.05) is 13.1 Å². The smallest absolute Gasteiger partial charge is 0.273 e. The molecule has 0 saturated carbocycles. The number of amides is 1. The largest absolute Gasteiger partial charge is 0.448 e. The van der Waals surface area contributed by atoms with E-state index in [0.717, 1.165) is 29.8 Å². The van der Waals surface area contributed by atoms with Gasteiger partial charge in [0, 0.05) is 38.3 Å². The van der Waals surface area contributed by atoms with E-state index < -0.39 is 11.7 Å². The Labute approximate surface area is 171 Å². The molecule has 0 bridgehead atoms. The summed E-state index contributed by atoms with van der Waals surface area (Å²) >= 11 is 0. The molecule has 0 unspecified atom stereocenters. The molecule has 30 heavy (non-hydrogen) atoms. The highest BCUT2D eigenvalue weighted by Gasteiger charge is 2.13. The van der Waals surface area contributed by atoms with Gasteiger partial charge in [-0.2, -0.15) is 0 Å². The molecule has 0 aromatic carbocycles. The average Bonchev–Trinajstić information content (AvgIpc) is 3.39. The number of imidazole rings is 1. The van der Waals surface area contributed by atoms with Crippen LogP contribution in [-0.2, 0) is 19.4 Å². The van der Waals surface area contributed by atoms with E-state index >= 15 is 0 Å². The number of halogens is 1. The Balaban J connectivity index is 1.19. The first-order valence-electron chi connectivity index (χ1n) is 9.50. The Hall–Kier alpha value is -3.66. The molecule has 0 aliphatic carbocycles. The van der Waals surface area contributed by atoms with E-state index in [1.54, 1.807) is 12.4 Å². The fraction of sp³-hybridized carbons (Fsp3) is 0.250. The number of fused-ring (bicyclic) bond motifs is 1. The van der Waals surface area contributed by atoms with Gasteiger partial charge < -0.3 is 20.0 Å². The molecule has 4 heterocycles. The summed E-state index contributed by atoms with van der Waals surface area (Å²) in [4.78, 5) is 32.0. The third-order valence-corrected chi connectivity index (χ3v) is 4.42. The summed E-state index contributed by atoms with van der Waals surface area (Å²) < 4.78 is 18.9. The maximum Gasteiger partial charge on any atom is 0.273 e. The van der Waals surface area contributed by atoms with Gasteiger partial charge in [-0.05, 0) is 18.2 Å². The lowest BCUT2D eigenvalue weighted by molar-refractivity contribution is 0.0945. The maximum absolute atomic E-state index is 13.5. The summed E-state index contributed by atoms with van der Waals surface area (Å²) in [6.45, 7) is 1.35. The maximum atomic E-state index is 13.5. The zero-order chi connectivity index (χ0) is 20.8. The first kappa shape index (κ1) is 19.6. The van der Waals surface area contributed by atoms with Crippen molar-refractivity contribution in [1.29, 1.82) is 0 Å². The van der Waals surface area contributed by atoms with E-state index in [1.165, 1.54) is 24.6 Å². The molecule has 0 aliphatic heterocycles. The average molecular weight is 409 g/mol. The number of nitrogens with zero attached hydrogens (tertiary/aromatic N) is 4. The van der Waals surface area contributed by atoms with Crippen LogP contribution in [-0.4, -0.2) is 43.9 Å². The molecule has 3 N–H and O–H groups in total. The highest BCUT2D eigenvalue weighted by atomic mass is 19.1. The quantitative estimate of drug-likeness (QED) is 0.360. The van der Waals surface area contributed by atoms with Crippen molar-refractivity contribution < 1.29 is 13.6 Å². The van der Waals surface area contributed by atoms with E-state index in [9.17, 15) is 9.18 Å². The van der Waals surface area contributed by atoms with Crippen LogP contribution in [0.2, 0.25) is 0 Å². The zero-order valence-corrected chi connectivity index (χ0v) is 16.1. The minimum atomic E-state index is -0.468. The minimum Gasteiger partial charge on any atom is -0.448 e. The number of carbonyl (C=O) groups is 1. The van der Waals surface area contributed by atoms with Crippen LogP contribution < -0.4 is 10.6 Å². The fourth-order valence-electron chi connectivity index (χ4n) is 2.89. The molecule has 154 valence electrons. The van der Waals surface area contributed by atoms with Crippen LogP contribution >= 0.6 is 0 Å². The first-order valence-corrected chi connectivity index (χ1v) is 9.50. The van der Waals surface area contributed by atoms with Crippen LogP contribution in [0.1, 0.15) is 27.9 Å². The third-order valence-electron chi connectivity index (χ3n) is 4.42. The second-order valence-electron chi connectivity index (χ2n) is 6.57. The summed E-state index contributed by atoms with van der Waals surface area (Å²) in [6.07, 6.45) is 7.51. The molecule has 4 aromatic rings. The molecule has 1 amide bonds. The van der Waals surface area contributed by atoms with Crippen LogP contribution in [0.5, 0.6) is 0 Å². The van der Waals surface area contributed by atoms with Gasteiger partial charge >= 0.3 is 0 Å². The van der Waals surface area contributed by atoms with E-state index in [4.69, 9.17) is 4.42 Å². The van der Waals surface area contributed by atoms with E-state index in [-0.39, 0.29) is 17.9 Å².